The number of thiophene rings is 1. The molecule has 5 nitrogen and oxygen atoms in total. The van der Waals surface area contributed by atoms with Crippen molar-refractivity contribution in [2.45, 2.75) is 6.54 Å². The second-order valence-electron chi connectivity index (χ2n) is 5.59. The minimum Gasteiger partial charge on any atom is -0.378 e. The van der Waals surface area contributed by atoms with Crippen LogP contribution in [-0.2, 0) is 6.54 Å². The van der Waals surface area contributed by atoms with Crippen LogP contribution in [0.25, 0.3) is 10.2 Å². The van der Waals surface area contributed by atoms with Gasteiger partial charge in [-0.25, -0.2) is 0 Å². The number of halogens is 1. The number of aromatic amines is 1. The molecule has 2 aromatic heterocycles. The van der Waals surface area contributed by atoms with E-state index in [0.717, 1.165) is 26.1 Å². The molecule has 3 rings (SSSR count). The molecule has 1 aromatic carbocycles. The average Bonchev–Trinajstić information content (AvgIpc) is 3.09. The van der Waals surface area contributed by atoms with Crippen LogP contribution in [0.2, 0.25) is 0 Å². The van der Waals surface area contributed by atoms with E-state index in [9.17, 15) is 4.79 Å². The molecule has 23 heavy (non-hydrogen) atoms. The molecule has 1 amide bonds. The first-order valence-electron chi connectivity index (χ1n) is 7.11. The lowest BCUT2D eigenvalue weighted by Crippen LogP contribution is -2.25. The first-order chi connectivity index (χ1) is 11.0. The third kappa shape index (κ3) is 3.25. The van der Waals surface area contributed by atoms with E-state index in [1.54, 1.807) is 4.90 Å². The van der Waals surface area contributed by atoms with Crippen LogP contribution in [-0.4, -0.2) is 42.1 Å². The Hall–Kier alpha value is -1.86. The Morgan fingerprint density at radius 1 is 1.30 bits per heavy atom. The van der Waals surface area contributed by atoms with Gasteiger partial charge in [-0.1, -0.05) is 12.1 Å². The Kier molecular flexibility index (Phi) is 4.41. The Morgan fingerprint density at radius 3 is 2.78 bits per heavy atom. The summed E-state index contributed by atoms with van der Waals surface area (Å²) in [5.74, 6) is 0.00940. The number of carbonyl (C=O) groups is 1. The van der Waals surface area contributed by atoms with Crippen LogP contribution < -0.4 is 4.90 Å². The highest BCUT2D eigenvalue weighted by molar-refractivity contribution is 9.10. The van der Waals surface area contributed by atoms with Gasteiger partial charge in [0.1, 0.15) is 9.43 Å². The third-order valence-corrected chi connectivity index (χ3v) is 5.23. The molecule has 0 radical (unpaired) electrons. The molecule has 2 heterocycles. The van der Waals surface area contributed by atoms with Gasteiger partial charge in [0.25, 0.3) is 5.91 Å². The fourth-order valence-corrected chi connectivity index (χ4v) is 3.87. The summed E-state index contributed by atoms with van der Waals surface area (Å²) in [6, 6.07) is 10.1. The molecule has 7 heteroatoms. The predicted molar refractivity (Wildman–Crippen MR) is 98.2 cm³/mol. The summed E-state index contributed by atoms with van der Waals surface area (Å²) < 4.78 is 0.809. The zero-order valence-electron chi connectivity index (χ0n) is 13.1. The number of carbonyl (C=O) groups excluding carboxylic acids is 1. The first kappa shape index (κ1) is 16.0. The molecule has 0 saturated heterocycles. The van der Waals surface area contributed by atoms with Crippen LogP contribution in [0.15, 0.2) is 34.9 Å². The van der Waals surface area contributed by atoms with Gasteiger partial charge in [0.05, 0.1) is 4.88 Å². The van der Waals surface area contributed by atoms with Gasteiger partial charge < -0.3 is 9.80 Å². The van der Waals surface area contributed by atoms with Crippen molar-refractivity contribution in [3.8, 4) is 0 Å². The molecule has 0 unspecified atom stereocenters. The quantitative estimate of drug-likeness (QED) is 0.735. The van der Waals surface area contributed by atoms with Crippen molar-refractivity contribution in [1.82, 2.24) is 15.1 Å². The maximum absolute atomic E-state index is 12.6. The minimum absolute atomic E-state index is 0.00940. The number of aromatic nitrogens is 2. The highest BCUT2D eigenvalue weighted by Gasteiger charge is 2.17. The van der Waals surface area contributed by atoms with Gasteiger partial charge in [0.2, 0.25) is 0 Å². The van der Waals surface area contributed by atoms with Crippen molar-refractivity contribution in [1.29, 1.82) is 0 Å². The van der Waals surface area contributed by atoms with E-state index < -0.39 is 0 Å². The molecule has 120 valence electrons. The summed E-state index contributed by atoms with van der Waals surface area (Å²) in [7, 11) is 5.84. The Balaban J connectivity index is 1.78. The highest BCUT2D eigenvalue weighted by atomic mass is 79.9. The van der Waals surface area contributed by atoms with E-state index in [0.29, 0.717) is 11.4 Å². The molecule has 0 bridgehead atoms. The molecule has 1 N–H and O–H groups in total. The predicted octanol–water partition coefficient (Wildman–Crippen LogP) is 3.73. The number of hydrogen-bond acceptors (Lipinski definition) is 4. The molecule has 0 atom stereocenters. The van der Waals surface area contributed by atoms with Gasteiger partial charge in [-0.3, -0.25) is 9.89 Å². The molecule has 3 aromatic rings. The standard InChI is InChI=1S/C16H17BrN4OS/c1-20(2)11-6-4-5-10(7-11)9-21(3)16(22)13-8-12-14(17)18-19-15(12)23-13/h4-8H,9H2,1-3H3,(H,18,19). The lowest BCUT2D eigenvalue weighted by Gasteiger charge is -2.18. The van der Waals surface area contributed by atoms with Crippen molar-refractivity contribution in [2.24, 2.45) is 0 Å². The fourth-order valence-electron chi connectivity index (χ4n) is 2.35. The van der Waals surface area contributed by atoms with Crippen LogP contribution in [0, 0.1) is 0 Å². The number of H-pyrrole nitrogens is 1. The van der Waals surface area contributed by atoms with Crippen molar-refractivity contribution in [3.05, 3.63) is 45.4 Å². The van der Waals surface area contributed by atoms with Gasteiger partial charge >= 0.3 is 0 Å². The summed E-state index contributed by atoms with van der Waals surface area (Å²) in [5.41, 5.74) is 2.23. The number of rotatable bonds is 4. The number of amides is 1. The van der Waals surface area contributed by atoms with Gasteiger partial charge in [0.15, 0.2) is 0 Å². The number of nitrogens with one attached hydrogen (secondary N) is 1. The lowest BCUT2D eigenvalue weighted by atomic mass is 10.2. The zero-order valence-corrected chi connectivity index (χ0v) is 15.5. The molecular weight excluding hydrogens is 376 g/mol. The van der Waals surface area contributed by atoms with E-state index in [1.165, 1.54) is 11.3 Å². The van der Waals surface area contributed by atoms with E-state index in [2.05, 4.69) is 43.2 Å². The highest BCUT2D eigenvalue weighted by Crippen LogP contribution is 2.30. The number of nitrogens with zero attached hydrogens (tertiary/aromatic N) is 3. The Morgan fingerprint density at radius 2 is 2.09 bits per heavy atom. The van der Waals surface area contributed by atoms with Crippen LogP contribution in [0.3, 0.4) is 0 Å². The number of fused-ring (bicyclic) bond motifs is 1. The van der Waals surface area contributed by atoms with Gasteiger partial charge in [-0.05, 0) is 39.7 Å². The average molecular weight is 393 g/mol. The van der Waals surface area contributed by atoms with Crippen LogP contribution in [0.1, 0.15) is 15.2 Å². The third-order valence-electron chi connectivity index (χ3n) is 3.61. The summed E-state index contributed by atoms with van der Waals surface area (Å²) in [4.78, 5) is 17.9. The second-order valence-corrected chi connectivity index (χ2v) is 7.42. The summed E-state index contributed by atoms with van der Waals surface area (Å²) in [6.45, 7) is 0.573. The SMILES string of the molecule is CN(Cc1cccc(N(C)C)c1)C(=O)c1cc2c(Br)[nH]nc2s1. The van der Waals surface area contributed by atoms with E-state index in [4.69, 9.17) is 0 Å². The molecular formula is C16H17BrN4OS. The number of benzene rings is 1. The molecule has 0 aliphatic carbocycles. The zero-order chi connectivity index (χ0) is 16.6. The lowest BCUT2D eigenvalue weighted by molar-refractivity contribution is 0.0790. The topological polar surface area (TPSA) is 52.2 Å². The molecule has 0 aliphatic rings. The molecule has 0 saturated carbocycles. The molecule has 0 fully saturated rings. The monoisotopic (exact) mass is 392 g/mol. The van der Waals surface area contributed by atoms with Crippen molar-refractivity contribution < 1.29 is 4.79 Å². The smallest absolute Gasteiger partial charge is 0.264 e. The number of hydrogen-bond donors (Lipinski definition) is 1. The van der Waals surface area contributed by atoms with Gasteiger partial charge in [-0.2, -0.15) is 5.10 Å². The second kappa shape index (κ2) is 6.33. The van der Waals surface area contributed by atoms with Gasteiger partial charge in [-0.15, -0.1) is 11.3 Å². The first-order valence-corrected chi connectivity index (χ1v) is 8.72. The number of anilines is 1. The van der Waals surface area contributed by atoms with Crippen molar-refractivity contribution >= 4 is 49.1 Å². The van der Waals surface area contributed by atoms with Crippen LogP contribution in [0.4, 0.5) is 5.69 Å². The Bertz CT molecular complexity index is 855. The maximum Gasteiger partial charge on any atom is 0.264 e. The normalized spacial score (nSPS) is 11.0. The van der Waals surface area contributed by atoms with Crippen LogP contribution in [0.5, 0.6) is 0 Å². The fraction of sp³-hybridized carbons (Fsp3) is 0.250. The summed E-state index contributed by atoms with van der Waals surface area (Å²) in [6.07, 6.45) is 0. The summed E-state index contributed by atoms with van der Waals surface area (Å²) >= 11 is 4.80. The minimum atomic E-state index is 0.00940. The van der Waals surface area contributed by atoms with Crippen molar-refractivity contribution in [3.63, 3.8) is 0 Å². The van der Waals surface area contributed by atoms with E-state index >= 15 is 0 Å². The largest absolute Gasteiger partial charge is 0.378 e. The van der Waals surface area contributed by atoms with Crippen molar-refractivity contribution in [2.75, 3.05) is 26.0 Å². The van der Waals surface area contributed by atoms with E-state index in [1.807, 2.05) is 39.3 Å². The van der Waals surface area contributed by atoms with Gasteiger partial charge in [0, 0.05) is 38.8 Å². The molecule has 0 aliphatic heterocycles. The van der Waals surface area contributed by atoms with E-state index in [-0.39, 0.29) is 5.91 Å². The summed E-state index contributed by atoms with van der Waals surface area (Å²) in [5, 5.41) is 7.97. The maximum atomic E-state index is 12.6. The van der Waals surface area contributed by atoms with Crippen LogP contribution >= 0.6 is 27.3 Å². The Labute approximate surface area is 147 Å². The molecule has 0 spiro atoms.